The summed E-state index contributed by atoms with van der Waals surface area (Å²) in [6.07, 6.45) is 3.61. The number of benzene rings is 2. The largest absolute Gasteiger partial charge is 0.462 e. The number of nitrogens with zero attached hydrogens (tertiary/aromatic N) is 1. The van der Waals surface area contributed by atoms with Gasteiger partial charge in [0.15, 0.2) is 0 Å². The first-order valence-electron chi connectivity index (χ1n) is 10.6. The van der Waals surface area contributed by atoms with E-state index in [-0.39, 0.29) is 23.6 Å². The summed E-state index contributed by atoms with van der Waals surface area (Å²) in [7, 11) is 0. The molecule has 1 heterocycles. The number of halogens is 1. The number of hydrogen-bond donors (Lipinski definition) is 1. The molecular formula is C24H29FN2O3. The van der Waals surface area contributed by atoms with Crippen molar-refractivity contribution in [1.29, 1.82) is 0 Å². The molecule has 1 atom stereocenters. The molecule has 1 fully saturated rings. The standard InChI is InChI=1S/C24H29FN2O3/c1-2-3-15-30-24(29)19-8-12-22(13-9-19)26-23(28)20-5-4-14-27(17-20)16-18-6-10-21(25)11-7-18/h6-13,20H,2-5,14-17H2,1H3,(H,26,28). The molecule has 0 bridgehead atoms. The van der Waals surface area contributed by atoms with Crippen LogP contribution in [0.4, 0.5) is 10.1 Å². The van der Waals surface area contributed by atoms with Gasteiger partial charge in [-0.25, -0.2) is 9.18 Å². The zero-order valence-corrected chi connectivity index (χ0v) is 17.4. The number of nitrogens with one attached hydrogen (secondary N) is 1. The molecule has 30 heavy (non-hydrogen) atoms. The summed E-state index contributed by atoms with van der Waals surface area (Å²) >= 11 is 0. The molecule has 0 aromatic heterocycles. The molecule has 3 rings (SSSR count). The molecule has 1 amide bonds. The smallest absolute Gasteiger partial charge is 0.338 e. The van der Waals surface area contributed by atoms with Gasteiger partial charge in [0, 0.05) is 18.8 Å². The van der Waals surface area contributed by atoms with Crippen molar-refractivity contribution in [2.75, 3.05) is 25.0 Å². The normalized spacial score (nSPS) is 16.8. The Bertz CT molecular complexity index is 837. The van der Waals surface area contributed by atoms with Crippen molar-refractivity contribution < 1.29 is 18.7 Å². The van der Waals surface area contributed by atoms with Gasteiger partial charge in [-0.15, -0.1) is 0 Å². The van der Waals surface area contributed by atoms with Crippen molar-refractivity contribution in [3.8, 4) is 0 Å². The molecule has 0 spiro atoms. The first kappa shape index (κ1) is 22.0. The van der Waals surface area contributed by atoms with Crippen LogP contribution in [0.3, 0.4) is 0 Å². The lowest BCUT2D eigenvalue weighted by atomic mass is 9.96. The number of ether oxygens (including phenoxy) is 1. The van der Waals surface area contributed by atoms with Gasteiger partial charge in [-0.2, -0.15) is 0 Å². The van der Waals surface area contributed by atoms with E-state index in [1.54, 1.807) is 36.4 Å². The molecule has 2 aromatic carbocycles. The SMILES string of the molecule is CCCCOC(=O)c1ccc(NC(=O)C2CCCN(Cc3ccc(F)cc3)C2)cc1. The third-order valence-electron chi connectivity index (χ3n) is 5.31. The van der Waals surface area contributed by atoms with Crippen LogP contribution in [0.1, 0.15) is 48.5 Å². The van der Waals surface area contributed by atoms with E-state index < -0.39 is 0 Å². The van der Waals surface area contributed by atoms with Crippen LogP contribution in [-0.4, -0.2) is 36.5 Å². The summed E-state index contributed by atoms with van der Waals surface area (Å²) in [6.45, 7) is 4.77. The fourth-order valence-electron chi connectivity index (χ4n) is 3.59. The first-order valence-corrected chi connectivity index (χ1v) is 10.6. The van der Waals surface area contributed by atoms with Gasteiger partial charge < -0.3 is 10.1 Å². The Kier molecular flexibility index (Phi) is 7.97. The average Bonchev–Trinajstić information content (AvgIpc) is 2.76. The lowest BCUT2D eigenvalue weighted by Crippen LogP contribution is -2.40. The molecule has 5 nitrogen and oxygen atoms in total. The minimum Gasteiger partial charge on any atom is -0.462 e. The van der Waals surface area contributed by atoms with Gasteiger partial charge in [-0.3, -0.25) is 9.69 Å². The zero-order valence-electron chi connectivity index (χ0n) is 17.4. The second-order valence-electron chi connectivity index (χ2n) is 7.76. The van der Waals surface area contributed by atoms with Gasteiger partial charge >= 0.3 is 5.97 Å². The molecule has 0 saturated carbocycles. The van der Waals surface area contributed by atoms with Crippen molar-refractivity contribution in [1.82, 2.24) is 4.90 Å². The third-order valence-corrected chi connectivity index (χ3v) is 5.31. The average molecular weight is 413 g/mol. The molecule has 1 aliphatic rings. The maximum atomic E-state index is 13.1. The number of anilines is 1. The van der Waals surface area contributed by atoms with Crippen molar-refractivity contribution in [2.24, 2.45) is 5.92 Å². The molecule has 1 N–H and O–H groups in total. The van der Waals surface area contributed by atoms with E-state index >= 15 is 0 Å². The van der Waals surface area contributed by atoms with Crippen LogP contribution >= 0.6 is 0 Å². The van der Waals surface area contributed by atoms with Gasteiger partial charge in [0.2, 0.25) is 5.91 Å². The predicted octanol–water partition coefficient (Wildman–Crippen LogP) is 4.63. The number of esters is 1. The fraction of sp³-hybridized carbons (Fsp3) is 0.417. The molecule has 0 aliphatic carbocycles. The molecule has 6 heteroatoms. The highest BCUT2D eigenvalue weighted by Crippen LogP contribution is 2.21. The van der Waals surface area contributed by atoms with E-state index in [1.807, 2.05) is 6.92 Å². The molecule has 2 aromatic rings. The van der Waals surface area contributed by atoms with Crippen LogP contribution in [0.2, 0.25) is 0 Å². The summed E-state index contributed by atoms with van der Waals surface area (Å²) in [5.74, 6) is -0.699. The summed E-state index contributed by atoms with van der Waals surface area (Å²) in [4.78, 5) is 26.9. The summed E-state index contributed by atoms with van der Waals surface area (Å²) < 4.78 is 18.3. The Balaban J connectivity index is 1.51. The number of unbranched alkanes of at least 4 members (excludes halogenated alkanes) is 1. The van der Waals surface area contributed by atoms with Gasteiger partial charge in [0.1, 0.15) is 5.82 Å². The summed E-state index contributed by atoms with van der Waals surface area (Å²) in [5.41, 5.74) is 2.19. The number of piperidine rings is 1. The third kappa shape index (κ3) is 6.39. The van der Waals surface area contributed by atoms with Crippen molar-refractivity contribution in [3.63, 3.8) is 0 Å². The molecule has 0 radical (unpaired) electrons. The highest BCUT2D eigenvalue weighted by Gasteiger charge is 2.26. The second kappa shape index (κ2) is 10.9. The lowest BCUT2D eigenvalue weighted by Gasteiger charge is -2.32. The Labute approximate surface area is 177 Å². The van der Waals surface area contributed by atoms with E-state index in [1.165, 1.54) is 12.1 Å². The number of likely N-dealkylation sites (tertiary alicyclic amines) is 1. The van der Waals surface area contributed by atoms with Crippen LogP contribution < -0.4 is 5.32 Å². The Morgan fingerprint density at radius 1 is 1.13 bits per heavy atom. The van der Waals surface area contributed by atoms with Gasteiger partial charge in [0.25, 0.3) is 0 Å². The minimum absolute atomic E-state index is 0.0166. The van der Waals surface area contributed by atoms with Crippen LogP contribution in [0.5, 0.6) is 0 Å². The monoisotopic (exact) mass is 412 g/mol. The maximum Gasteiger partial charge on any atom is 0.338 e. The van der Waals surface area contributed by atoms with Gasteiger partial charge in [0.05, 0.1) is 18.1 Å². The lowest BCUT2D eigenvalue weighted by molar-refractivity contribution is -0.121. The highest BCUT2D eigenvalue weighted by molar-refractivity contribution is 5.94. The van der Waals surface area contributed by atoms with E-state index in [0.29, 0.717) is 30.9 Å². The molecule has 1 unspecified atom stereocenters. The quantitative estimate of drug-likeness (QED) is 0.507. The van der Waals surface area contributed by atoms with E-state index in [0.717, 1.165) is 37.8 Å². The first-order chi connectivity index (χ1) is 14.5. The Morgan fingerprint density at radius 2 is 1.87 bits per heavy atom. The van der Waals surface area contributed by atoms with Crippen molar-refractivity contribution >= 4 is 17.6 Å². The zero-order chi connectivity index (χ0) is 21.3. The van der Waals surface area contributed by atoms with E-state index in [2.05, 4.69) is 10.2 Å². The van der Waals surface area contributed by atoms with Crippen LogP contribution in [0.15, 0.2) is 48.5 Å². The van der Waals surface area contributed by atoms with E-state index in [9.17, 15) is 14.0 Å². The number of carbonyl (C=O) groups is 2. The summed E-state index contributed by atoms with van der Waals surface area (Å²) in [5, 5.41) is 2.95. The van der Waals surface area contributed by atoms with Crippen LogP contribution in [-0.2, 0) is 16.1 Å². The van der Waals surface area contributed by atoms with Gasteiger partial charge in [-0.05, 0) is 67.8 Å². The summed E-state index contributed by atoms with van der Waals surface area (Å²) in [6, 6.07) is 13.3. The topological polar surface area (TPSA) is 58.6 Å². The molecule has 1 aliphatic heterocycles. The highest BCUT2D eigenvalue weighted by atomic mass is 19.1. The Morgan fingerprint density at radius 3 is 2.57 bits per heavy atom. The number of amides is 1. The van der Waals surface area contributed by atoms with Crippen LogP contribution in [0.25, 0.3) is 0 Å². The number of hydrogen-bond acceptors (Lipinski definition) is 4. The molecule has 160 valence electrons. The molecular weight excluding hydrogens is 383 g/mol. The van der Waals surface area contributed by atoms with Gasteiger partial charge in [-0.1, -0.05) is 25.5 Å². The number of rotatable bonds is 8. The Hall–Kier alpha value is -2.73. The fourth-order valence-corrected chi connectivity index (χ4v) is 3.59. The van der Waals surface area contributed by atoms with Crippen molar-refractivity contribution in [3.05, 3.63) is 65.5 Å². The predicted molar refractivity (Wildman–Crippen MR) is 115 cm³/mol. The van der Waals surface area contributed by atoms with E-state index in [4.69, 9.17) is 4.74 Å². The minimum atomic E-state index is -0.343. The molecule has 1 saturated heterocycles. The second-order valence-corrected chi connectivity index (χ2v) is 7.76. The van der Waals surface area contributed by atoms with Crippen molar-refractivity contribution in [2.45, 2.75) is 39.2 Å². The van der Waals surface area contributed by atoms with Crippen LogP contribution in [0, 0.1) is 11.7 Å². The maximum absolute atomic E-state index is 13.1. The number of carbonyl (C=O) groups excluding carboxylic acids is 2.